The van der Waals surface area contributed by atoms with Crippen LogP contribution in [0.3, 0.4) is 0 Å². The van der Waals surface area contributed by atoms with Crippen LogP contribution < -0.4 is 15.5 Å². The first-order valence-electron chi connectivity index (χ1n) is 10.9. The summed E-state index contributed by atoms with van der Waals surface area (Å²) in [5, 5.41) is 6.57. The van der Waals surface area contributed by atoms with Crippen LogP contribution in [-0.4, -0.2) is 56.0 Å². The van der Waals surface area contributed by atoms with Crippen LogP contribution in [0, 0.1) is 6.92 Å². The normalized spacial score (nSPS) is 16.2. The van der Waals surface area contributed by atoms with E-state index in [1.54, 1.807) is 12.1 Å². The first-order chi connectivity index (χ1) is 15.0. The molecule has 2 amide bonds. The maximum atomic E-state index is 12.4. The van der Waals surface area contributed by atoms with Gasteiger partial charge in [0.1, 0.15) is 0 Å². The molecule has 31 heavy (non-hydrogen) atoms. The maximum absolute atomic E-state index is 12.4. The predicted molar refractivity (Wildman–Crippen MR) is 125 cm³/mol. The van der Waals surface area contributed by atoms with Crippen molar-refractivity contribution in [3.05, 3.63) is 58.1 Å². The molecular formula is C24H29ClN4O2. The predicted octanol–water partition coefficient (Wildman–Crippen LogP) is 3.48. The lowest BCUT2D eigenvalue weighted by atomic mass is 10.1. The number of anilines is 2. The molecule has 164 valence electrons. The zero-order valence-corrected chi connectivity index (χ0v) is 18.7. The van der Waals surface area contributed by atoms with Gasteiger partial charge in [0.15, 0.2) is 0 Å². The Labute approximate surface area is 188 Å². The highest BCUT2D eigenvalue weighted by atomic mass is 35.5. The number of hydrogen-bond donors (Lipinski definition) is 2. The number of nitrogens with zero attached hydrogens (tertiary/aromatic N) is 2. The Morgan fingerprint density at radius 1 is 1.10 bits per heavy atom. The van der Waals surface area contributed by atoms with Crippen LogP contribution in [0.5, 0.6) is 0 Å². The van der Waals surface area contributed by atoms with Crippen LogP contribution in [0.1, 0.15) is 34.3 Å². The molecule has 2 aliphatic heterocycles. The molecule has 2 aliphatic rings. The van der Waals surface area contributed by atoms with Gasteiger partial charge in [0, 0.05) is 54.7 Å². The van der Waals surface area contributed by atoms with E-state index in [2.05, 4.69) is 39.5 Å². The van der Waals surface area contributed by atoms with Crippen molar-refractivity contribution in [2.45, 2.75) is 26.2 Å². The number of hydrogen-bond acceptors (Lipinski definition) is 4. The Balaban J connectivity index is 1.14. The lowest BCUT2D eigenvalue weighted by Gasteiger charge is -2.37. The summed E-state index contributed by atoms with van der Waals surface area (Å²) in [6.45, 7) is 7.93. The van der Waals surface area contributed by atoms with E-state index in [1.807, 2.05) is 12.1 Å². The van der Waals surface area contributed by atoms with Gasteiger partial charge in [-0.1, -0.05) is 23.7 Å². The Morgan fingerprint density at radius 3 is 2.71 bits per heavy atom. The van der Waals surface area contributed by atoms with E-state index in [-0.39, 0.29) is 11.8 Å². The molecule has 0 aromatic heterocycles. The van der Waals surface area contributed by atoms with Crippen molar-refractivity contribution >= 4 is 34.8 Å². The monoisotopic (exact) mass is 440 g/mol. The zero-order chi connectivity index (χ0) is 21.8. The molecule has 2 aromatic rings. The number of rotatable bonds is 7. The fourth-order valence-electron chi connectivity index (χ4n) is 4.26. The van der Waals surface area contributed by atoms with Gasteiger partial charge in [-0.3, -0.25) is 14.5 Å². The van der Waals surface area contributed by atoms with Crippen molar-refractivity contribution in [2.75, 3.05) is 49.5 Å². The molecule has 7 heteroatoms. The van der Waals surface area contributed by atoms with Gasteiger partial charge in [-0.2, -0.15) is 0 Å². The molecule has 2 aromatic carbocycles. The van der Waals surface area contributed by atoms with Gasteiger partial charge < -0.3 is 15.5 Å². The first-order valence-corrected chi connectivity index (χ1v) is 11.3. The van der Waals surface area contributed by atoms with Crippen molar-refractivity contribution < 1.29 is 9.59 Å². The van der Waals surface area contributed by atoms with Crippen molar-refractivity contribution in [1.82, 2.24) is 10.2 Å². The molecular weight excluding hydrogens is 412 g/mol. The topological polar surface area (TPSA) is 64.7 Å². The summed E-state index contributed by atoms with van der Waals surface area (Å²) in [6.07, 6.45) is 2.39. The molecule has 0 saturated carbocycles. The largest absolute Gasteiger partial charge is 0.369 e. The third-order valence-corrected chi connectivity index (χ3v) is 6.30. The van der Waals surface area contributed by atoms with E-state index in [1.165, 1.54) is 11.3 Å². The number of nitrogens with one attached hydrogen (secondary N) is 2. The van der Waals surface area contributed by atoms with E-state index in [0.29, 0.717) is 18.5 Å². The van der Waals surface area contributed by atoms with E-state index in [4.69, 9.17) is 11.6 Å². The van der Waals surface area contributed by atoms with E-state index in [0.717, 1.165) is 61.8 Å². The Hall–Kier alpha value is -2.57. The van der Waals surface area contributed by atoms with Gasteiger partial charge in [-0.15, -0.1) is 0 Å². The highest BCUT2D eigenvalue weighted by Crippen LogP contribution is 2.26. The van der Waals surface area contributed by atoms with E-state index in [9.17, 15) is 9.59 Å². The van der Waals surface area contributed by atoms with E-state index < -0.39 is 0 Å². The molecule has 2 heterocycles. The highest BCUT2D eigenvalue weighted by Gasteiger charge is 2.20. The number of fused-ring (bicyclic) bond motifs is 1. The van der Waals surface area contributed by atoms with Crippen molar-refractivity contribution in [3.8, 4) is 0 Å². The number of piperazine rings is 1. The minimum absolute atomic E-state index is 0.0175. The van der Waals surface area contributed by atoms with Crippen LogP contribution in [0.2, 0.25) is 5.02 Å². The minimum atomic E-state index is -0.0885. The number of aryl methyl sites for hydroxylation is 1. The van der Waals surface area contributed by atoms with Crippen molar-refractivity contribution in [1.29, 1.82) is 0 Å². The standard InChI is InChI=1S/C24H29ClN4O2/c1-17-4-7-20(25)16-22(17)29-12-10-28(11-13-29)9-3-2-8-26-24(31)19-6-5-18-15-23(30)27-21(18)14-19/h4-7,14,16H,2-3,8-13,15H2,1H3,(H,26,31)(H,27,30). The second-order valence-corrected chi connectivity index (χ2v) is 8.76. The third kappa shape index (κ3) is 5.38. The highest BCUT2D eigenvalue weighted by molar-refractivity contribution is 6.30. The van der Waals surface area contributed by atoms with Crippen LogP contribution in [0.25, 0.3) is 0 Å². The average molecular weight is 441 g/mol. The number of halogens is 1. The molecule has 6 nitrogen and oxygen atoms in total. The van der Waals surface area contributed by atoms with Gasteiger partial charge in [0.2, 0.25) is 5.91 Å². The summed E-state index contributed by atoms with van der Waals surface area (Å²) in [6, 6.07) is 11.5. The molecule has 0 atom stereocenters. The van der Waals surface area contributed by atoms with Gasteiger partial charge >= 0.3 is 0 Å². The minimum Gasteiger partial charge on any atom is -0.369 e. The molecule has 4 rings (SSSR count). The second kappa shape index (κ2) is 9.71. The summed E-state index contributed by atoms with van der Waals surface area (Å²) in [5.74, 6) is -0.106. The fraction of sp³-hybridized carbons (Fsp3) is 0.417. The van der Waals surface area contributed by atoms with Gasteiger partial charge in [-0.25, -0.2) is 0 Å². The molecule has 0 aliphatic carbocycles. The Bertz CT molecular complexity index is 970. The quantitative estimate of drug-likeness (QED) is 0.647. The zero-order valence-electron chi connectivity index (χ0n) is 17.9. The van der Waals surface area contributed by atoms with Crippen LogP contribution in [0.4, 0.5) is 11.4 Å². The maximum Gasteiger partial charge on any atom is 0.251 e. The summed E-state index contributed by atoms with van der Waals surface area (Å²) < 4.78 is 0. The van der Waals surface area contributed by atoms with Gasteiger partial charge in [0.05, 0.1) is 6.42 Å². The van der Waals surface area contributed by atoms with Crippen LogP contribution in [-0.2, 0) is 11.2 Å². The smallest absolute Gasteiger partial charge is 0.251 e. The summed E-state index contributed by atoms with van der Waals surface area (Å²) >= 11 is 6.17. The van der Waals surface area contributed by atoms with E-state index >= 15 is 0 Å². The molecule has 1 fully saturated rings. The average Bonchev–Trinajstić information content (AvgIpc) is 3.14. The lowest BCUT2D eigenvalue weighted by molar-refractivity contribution is -0.115. The second-order valence-electron chi connectivity index (χ2n) is 8.32. The van der Waals surface area contributed by atoms with Gasteiger partial charge in [0.25, 0.3) is 5.91 Å². The molecule has 1 saturated heterocycles. The number of carbonyl (C=O) groups is 2. The first kappa shape index (κ1) is 21.7. The molecule has 0 radical (unpaired) electrons. The molecule has 0 unspecified atom stereocenters. The number of unbranched alkanes of at least 4 members (excludes halogenated alkanes) is 1. The number of benzene rings is 2. The fourth-order valence-corrected chi connectivity index (χ4v) is 4.42. The Morgan fingerprint density at radius 2 is 1.90 bits per heavy atom. The molecule has 0 bridgehead atoms. The third-order valence-electron chi connectivity index (χ3n) is 6.07. The molecule has 2 N–H and O–H groups in total. The van der Waals surface area contributed by atoms with Crippen LogP contribution >= 0.6 is 11.6 Å². The van der Waals surface area contributed by atoms with Crippen LogP contribution in [0.15, 0.2) is 36.4 Å². The van der Waals surface area contributed by atoms with Gasteiger partial charge in [-0.05, 0) is 61.7 Å². The SMILES string of the molecule is Cc1ccc(Cl)cc1N1CCN(CCCCNC(=O)c2ccc3c(c2)NC(=O)C3)CC1. The van der Waals surface area contributed by atoms with Crippen molar-refractivity contribution in [2.24, 2.45) is 0 Å². The summed E-state index contributed by atoms with van der Waals surface area (Å²) in [7, 11) is 0. The lowest BCUT2D eigenvalue weighted by Crippen LogP contribution is -2.46. The summed E-state index contributed by atoms with van der Waals surface area (Å²) in [5.41, 5.74) is 4.80. The molecule has 0 spiro atoms. The van der Waals surface area contributed by atoms with Crippen molar-refractivity contribution in [3.63, 3.8) is 0 Å². The number of amides is 2. The Kier molecular flexibility index (Phi) is 6.78. The summed E-state index contributed by atoms with van der Waals surface area (Å²) in [4.78, 5) is 28.7. The number of carbonyl (C=O) groups excluding carboxylic acids is 2.